The van der Waals surface area contributed by atoms with E-state index in [1.807, 2.05) is 13.8 Å². The van der Waals surface area contributed by atoms with Crippen LogP contribution >= 0.6 is 0 Å². The summed E-state index contributed by atoms with van der Waals surface area (Å²) in [6.45, 7) is 8.92. The second-order valence-corrected chi connectivity index (χ2v) is 8.86. The topological polar surface area (TPSA) is 122 Å². The zero-order chi connectivity index (χ0) is 23.2. The van der Waals surface area contributed by atoms with Gasteiger partial charge in [-0.2, -0.15) is 0 Å². The van der Waals surface area contributed by atoms with E-state index in [0.29, 0.717) is 44.1 Å². The van der Waals surface area contributed by atoms with Crippen LogP contribution in [0.5, 0.6) is 0 Å². The number of imide groups is 2. The van der Waals surface area contributed by atoms with Crippen molar-refractivity contribution in [1.82, 2.24) is 15.3 Å². The molecule has 2 heterocycles. The van der Waals surface area contributed by atoms with Crippen LogP contribution in [0.15, 0.2) is 12.2 Å². The third-order valence-corrected chi connectivity index (χ3v) is 5.27. The van der Waals surface area contributed by atoms with E-state index in [4.69, 9.17) is 9.57 Å². The predicted octanol–water partition coefficient (Wildman–Crippen LogP) is 0.710. The zero-order valence-electron chi connectivity index (χ0n) is 18.6. The van der Waals surface area contributed by atoms with E-state index >= 15 is 0 Å². The Labute approximate surface area is 181 Å². The Morgan fingerprint density at radius 3 is 2.13 bits per heavy atom. The number of rotatable bonds is 12. The van der Waals surface area contributed by atoms with Gasteiger partial charge in [0.2, 0.25) is 0 Å². The molecule has 2 aliphatic heterocycles. The van der Waals surface area contributed by atoms with Gasteiger partial charge in [-0.3, -0.25) is 24.1 Å². The Hall–Kier alpha value is -2.59. The molecule has 1 N–H and O–H groups in total. The standard InChI is InChI=1S/C21H31N3O7/c1-20(2,19(29)31-24-17(27)7-8-18(24)28)10-14-30-21(3,4)9-11-22-12-13-23-15(25)5-6-16(23)26/h5-6,22H,7-14H2,1-4H3. The van der Waals surface area contributed by atoms with E-state index < -0.39 is 28.8 Å². The molecule has 0 saturated carbocycles. The molecule has 0 spiro atoms. The summed E-state index contributed by atoms with van der Waals surface area (Å²) in [5, 5.41) is 3.74. The Kier molecular flexibility index (Phi) is 8.08. The van der Waals surface area contributed by atoms with Gasteiger partial charge in [0.1, 0.15) is 0 Å². The van der Waals surface area contributed by atoms with Crippen molar-refractivity contribution in [3.8, 4) is 0 Å². The van der Waals surface area contributed by atoms with Crippen molar-refractivity contribution >= 4 is 29.6 Å². The zero-order valence-corrected chi connectivity index (χ0v) is 18.6. The number of hydroxylamine groups is 2. The first kappa shape index (κ1) is 24.7. The van der Waals surface area contributed by atoms with Gasteiger partial charge in [-0.25, -0.2) is 4.79 Å². The van der Waals surface area contributed by atoms with Crippen LogP contribution in [-0.2, 0) is 33.5 Å². The van der Waals surface area contributed by atoms with Gasteiger partial charge >= 0.3 is 5.97 Å². The van der Waals surface area contributed by atoms with E-state index in [1.54, 1.807) is 13.8 Å². The van der Waals surface area contributed by atoms with Crippen LogP contribution in [0.4, 0.5) is 0 Å². The molecule has 31 heavy (non-hydrogen) atoms. The highest BCUT2D eigenvalue weighted by atomic mass is 16.7. The number of hydrogen-bond donors (Lipinski definition) is 1. The number of amides is 4. The fourth-order valence-corrected chi connectivity index (χ4v) is 2.98. The molecule has 172 valence electrons. The van der Waals surface area contributed by atoms with Crippen molar-refractivity contribution in [2.45, 2.75) is 59.0 Å². The summed E-state index contributed by atoms with van der Waals surface area (Å²) >= 11 is 0. The molecule has 10 nitrogen and oxygen atoms in total. The monoisotopic (exact) mass is 437 g/mol. The van der Waals surface area contributed by atoms with Crippen LogP contribution in [0, 0.1) is 5.41 Å². The number of carbonyl (C=O) groups is 5. The Bertz CT molecular complexity index is 739. The molecular formula is C21H31N3O7. The van der Waals surface area contributed by atoms with Crippen LogP contribution in [0.2, 0.25) is 0 Å². The van der Waals surface area contributed by atoms with Crippen molar-refractivity contribution in [3.63, 3.8) is 0 Å². The van der Waals surface area contributed by atoms with Crippen molar-refractivity contribution in [2.75, 3.05) is 26.2 Å². The summed E-state index contributed by atoms with van der Waals surface area (Å²) in [6, 6.07) is 0. The lowest BCUT2D eigenvalue weighted by molar-refractivity contribution is -0.205. The largest absolute Gasteiger partial charge is 0.375 e. The highest BCUT2D eigenvalue weighted by Gasteiger charge is 2.38. The molecule has 1 saturated heterocycles. The maximum Gasteiger partial charge on any atom is 0.338 e. The maximum atomic E-state index is 12.4. The lowest BCUT2D eigenvalue weighted by Crippen LogP contribution is -2.39. The Balaban J connectivity index is 1.65. The minimum Gasteiger partial charge on any atom is -0.375 e. The molecule has 0 aromatic carbocycles. The van der Waals surface area contributed by atoms with Crippen molar-refractivity contribution < 1.29 is 33.5 Å². The van der Waals surface area contributed by atoms with Crippen molar-refractivity contribution in [3.05, 3.63) is 12.2 Å². The average Bonchev–Trinajstić information content (AvgIpc) is 3.17. The third-order valence-electron chi connectivity index (χ3n) is 5.27. The van der Waals surface area contributed by atoms with Crippen LogP contribution in [0.1, 0.15) is 53.4 Å². The van der Waals surface area contributed by atoms with Gasteiger partial charge in [-0.05, 0) is 47.1 Å². The summed E-state index contributed by atoms with van der Waals surface area (Å²) in [5.74, 6) is -2.26. The summed E-state index contributed by atoms with van der Waals surface area (Å²) < 4.78 is 5.92. The lowest BCUT2D eigenvalue weighted by atomic mass is 9.90. The Morgan fingerprint density at radius 2 is 1.55 bits per heavy atom. The first-order valence-corrected chi connectivity index (χ1v) is 10.4. The molecule has 0 aromatic rings. The molecule has 0 aliphatic carbocycles. The lowest BCUT2D eigenvalue weighted by Gasteiger charge is -2.29. The SMILES string of the molecule is CC(C)(CCNCCN1C(=O)C=CC1=O)OCCC(C)(C)C(=O)ON1C(=O)CCC1=O. The number of carbonyl (C=O) groups excluding carboxylic acids is 5. The molecule has 2 aliphatic rings. The Morgan fingerprint density at radius 1 is 0.968 bits per heavy atom. The number of nitrogens with zero attached hydrogens (tertiary/aromatic N) is 2. The van der Waals surface area contributed by atoms with E-state index in [-0.39, 0.29) is 24.7 Å². The molecule has 1 fully saturated rings. The molecule has 2 rings (SSSR count). The highest BCUT2D eigenvalue weighted by Crippen LogP contribution is 2.26. The minimum atomic E-state index is -0.930. The fraction of sp³-hybridized carbons (Fsp3) is 0.667. The molecule has 0 radical (unpaired) electrons. The molecule has 0 bridgehead atoms. The number of nitrogens with one attached hydrogen (secondary N) is 1. The third kappa shape index (κ3) is 6.96. The molecule has 4 amide bonds. The van der Waals surface area contributed by atoms with Gasteiger partial charge in [0, 0.05) is 44.7 Å². The van der Waals surface area contributed by atoms with E-state index in [0.717, 1.165) is 0 Å². The second-order valence-electron chi connectivity index (χ2n) is 8.86. The molecular weight excluding hydrogens is 406 g/mol. The molecule has 0 atom stereocenters. The van der Waals surface area contributed by atoms with Gasteiger partial charge in [0.05, 0.1) is 11.0 Å². The fourth-order valence-electron chi connectivity index (χ4n) is 2.98. The number of ether oxygens (including phenoxy) is 1. The predicted molar refractivity (Wildman–Crippen MR) is 109 cm³/mol. The van der Waals surface area contributed by atoms with Crippen LogP contribution in [0.25, 0.3) is 0 Å². The van der Waals surface area contributed by atoms with Gasteiger partial charge in [-0.15, -0.1) is 5.06 Å². The van der Waals surface area contributed by atoms with Crippen LogP contribution in [-0.4, -0.2) is 71.4 Å². The summed E-state index contributed by atoms with van der Waals surface area (Å²) in [6.07, 6.45) is 3.66. The van der Waals surface area contributed by atoms with Gasteiger partial charge in [-0.1, -0.05) is 0 Å². The second kappa shape index (κ2) is 10.1. The highest BCUT2D eigenvalue weighted by molar-refractivity contribution is 6.12. The quantitative estimate of drug-likeness (QED) is 0.350. The average molecular weight is 437 g/mol. The van der Waals surface area contributed by atoms with E-state index in [2.05, 4.69) is 5.32 Å². The van der Waals surface area contributed by atoms with Crippen LogP contribution in [0.3, 0.4) is 0 Å². The van der Waals surface area contributed by atoms with E-state index in [1.165, 1.54) is 17.1 Å². The smallest absolute Gasteiger partial charge is 0.338 e. The number of hydrogen-bond acceptors (Lipinski definition) is 8. The summed E-state index contributed by atoms with van der Waals surface area (Å²) in [4.78, 5) is 64.7. The molecule has 0 aromatic heterocycles. The summed E-state index contributed by atoms with van der Waals surface area (Å²) in [7, 11) is 0. The minimum absolute atomic E-state index is 0.0550. The van der Waals surface area contributed by atoms with E-state index in [9.17, 15) is 24.0 Å². The normalized spacial score (nSPS) is 17.3. The first-order valence-electron chi connectivity index (χ1n) is 10.4. The van der Waals surface area contributed by atoms with Gasteiger partial charge in [0.25, 0.3) is 23.6 Å². The summed E-state index contributed by atoms with van der Waals surface area (Å²) in [5.41, 5.74) is -1.39. The van der Waals surface area contributed by atoms with Crippen LogP contribution < -0.4 is 5.32 Å². The molecule has 10 heteroatoms. The van der Waals surface area contributed by atoms with Crippen molar-refractivity contribution in [1.29, 1.82) is 0 Å². The maximum absolute atomic E-state index is 12.4. The van der Waals surface area contributed by atoms with Gasteiger partial charge in [0.15, 0.2) is 0 Å². The first-order chi connectivity index (χ1) is 14.4. The van der Waals surface area contributed by atoms with Crippen molar-refractivity contribution in [2.24, 2.45) is 5.41 Å². The van der Waals surface area contributed by atoms with Gasteiger partial charge < -0.3 is 14.9 Å². The molecule has 0 unspecified atom stereocenters.